The Balaban J connectivity index is 1.47. The van der Waals surface area contributed by atoms with Gasteiger partial charge < -0.3 is 15.4 Å². The fourth-order valence-corrected chi connectivity index (χ4v) is 4.16. The van der Waals surface area contributed by atoms with Crippen molar-refractivity contribution in [2.75, 3.05) is 22.1 Å². The van der Waals surface area contributed by atoms with Crippen LogP contribution >= 0.6 is 11.6 Å². The van der Waals surface area contributed by atoms with Gasteiger partial charge in [-0.3, -0.25) is 14.4 Å². The van der Waals surface area contributed by atoms with Crippen molar-refractivity contribution in [2.45, 2.75) is 33.6 Å². The van der Waals surface area contributed by atoms with E-state index in [1.165, 1.54) is 24.3 Å². The second-order valence-electron chi connectivity index (χ2n) is 9.08. The van der Waals surface area contributed by atoms with Gasteiger partial charge in [-0.05, 0) is 79.9 Å². The molecular weight excluding hydrogens is 518 g/mol. The number of benzene rings is 3. The topological polar surface area (TPSA) is 105 Å². The number of nitrogens with zero attached hydrogens (tertiary/aromatic N) is 1. The molecule has 0 radical (unpaired) electrons. The Kier molecular flexibility index (Phi) is 8.46. The van der Waals surface area contributed by atoms with Gasteiger partial charge in [0, 0.05) is 16.9 Å². The van der Waals surface area contributed by atoms with Crippen LogP contribution < -0.4 is 15.5 Å². The maximum atomic E-state index is 13.2. The number of amides is 3. The van der Waals surface area contributed by atoms with Crippen LogP contribution in [0, 0.1) is 13.8 Å². The summed E-state index contributed by atoms with van der Waals surface area (Å²) in [5.74, 6) is -2.16. The minimum Gasteiger partial charge on any atom is -0.462 e. The molecule has 39 heavy (non-hydrogen) atoms. The van der Waals surface area contributed by atoms with Gasteiger partial charge in [0.25, 0.3) is 17.7 Å². The standard InChI is InChI=1S/C30H28ClN3O5/c1-4-5-16-39-30(38)20-12-14-23(15-13-20)34-28(36)25(31)26(29(34)37)32-22-10-7-9-21(17-22)27(35)33-24-11-6-8-18(2)19(24)3/h6-15,17,32H,4-5,16H2,1-3H3,(H,33,35). The van der Waals surface area contributed by atoms with Crippen molar-refractivity contribution in [3.63, 3.8) is 0 Å². The first kappa shape index (κ1) is 27.6. The van der Waals surface area contributed by atoms with Crippen molar-refractivity contribution in [1.29, 1.82) is 0 Å². The summed E-state index contributed by atoms with van der Waals surface area (Å²) in [6, 6.07) is 18.1. The molecule has 200 valence electrons. The predicted octanol–water partition coefficient (Wildman–Crippen LogP) is 5.95. The maximum absolute atomic E-state index is 13.2. The van der Waals surface area contributed by atoms with Gasteiger partial charge in [-0.25, -0.2) is 9.69 Å². The van der Waals surface area contributed by atoms with Crippen LogP contribution in [0.1, 0.15) is 51.6 Å². The van der Waals surface area contributed by atoms with Gasteiger partial charge in [-0.1, -0.05) is 43.1 Å². The van der Waals surface area contributed by atoms with Crippen LogP contribution in [-0.2, 0) is 14.3 Å². The largest absolute Gasteiger partial charge is 0.462 e. The van der Waals surface area contributed by atoms with Crippen molar-refractivity contribution >= 4 is 52.4 Å². The summed E-state index contributed by atoms with van der Waals surface area (Å²) in [4.78, 5) is 52.0. The Morgan fingerprint density at radius 2 is 1.64 bits per heavy atom. The number of anilines is 3. The molecule has 3 amide bonds. The van der Waals surface area contributed by atoms with Gasteiger partial charge in [0.1, 0.15) is 10.7 Å². The zero-order valence-electron chi connectivity index (χ0n) is 21.8. The first-order valence-electron chi connectivity index (χ1n) is 12.5. The van der Waals surface area contributed by atoms with Gasteiger partial charge in [0.05, 0.1) is 17.9 Å². The fraction of sp³-hybridized carbons (Fsp3) is 0.200. The molecular formula is C30H28ClN3O5. The third kappa shape index (κ3) is 6.02. The Labute approximate surface area is 231 Å². The molecule has 0 aromatic heterocycles. The van der Waals surface area contributed by atoms with Gasteiger partial charge >= 0.3 is 5.97 Å². The number of nitrogens with one attached hydrogen (secondary N) is 2. The highest BCUT2D eigenvalue weighted by molar-refractivity contribution is 6.53. The van der Waals surface area contributed by atoms with E-state index in [2.05, 4.69) is 10.6 Å². The summed E-state index contributed by atoms with van der Waals surface area (Å²) in [5, 5.41) is 5.51. The van der Waals surface area contributed by atoms with Gasteiger partial charge in [-0.2, -0.15) is 0 Å². The SMILES string of the molecule is CCCCOC(=O)c1ccc(N2C(=O)C(Cl)=C(Nc3cccc(C(=O)Nc4cccc(C)c4C)c3)C2=O)cc1. The maximum Gasteiger partial charge on any atom is 0.338 e. The van der Waals surface area contributed by atoms with Crippen molar-refractivity contribution < 1.29 is 23.9 Å². The van der Waals surface area contributed by atoms with Crippen LogP contribution in [0.3, 0.4) is 0 Å². The highest BCUT2D eigenvalue weighted by atomic mass is 35.5. The number of hydrogen-bond acceptors (Lipinski definition) is 6. The average Bonchev–Trinajstić information content (AvgIpc) is 3.14. The molecule has 2 N–H and O–H groups in total. The number of carbonyl (C=O) groups excluding carboxylic acids is 4. The Morgan fingerprint density at radius 3 is 2.36 bits per heavy atom. The normalized spacial score (nSPS) is 13.1. The van der Waals surface area contributed by atoms with Crippen LogP contribution in [0.5, 0.6) is 0 Å². The predicted molar refractivity (Wildman–Crippen MR) is 151 cm³/mol. The lowest BCUT2D eigenvalue weighted by atomic mass is 10.1. The molecule has 1 heterocycles. The molecule has 0 saturated carbocycles. The zero-order chi connectivity index (χ0) is 28.1. The number of aryl methyl sites for hydroxylation is 1. The lowest BCUT2D eigenvalue weighted by molar-refractivity contribution is -0.120. The van der Waals surface area contributed by atoms with Crippen molar-refractivity contribution in [3.8, 4) is 0 Å². The number of halogens is 1. The highest BCUT2D eigenvalue weighted by Gasteiger charge is 2.39. The summed E-state index contributed by atoms with van der Waals surface area (Å²) in [6.45, 7) is 6.21. The molecule has 4 rings (SSSR count). The first-order valence-corrected chi connectivity index (χ1v) is 12.9. The van der Waals surface area contributed by atoms with E-state index in [9.17, 15) is 19.2 Å². The van der Waals surface area contributed by atoms with Gasteiger partial charge in [-0.15, -0.1) is 0 Å². The third-order valence-electron chi connectivity index (χ3n) is 6.37. The molecule has 3 aromatic rings. The Bertz CT molecular complexity index is 1480. The molecule has 0 unspecified atom stereocenters. The van der Waals surface area contributed by atoms with E-state index in [0.717, 1.165) is 28.9 Å². The van der Waals surface area contributed by atoms with Gasteiger partial charge in [0.15, 0.2) is 0 Å². The fourth-order valence-electron chi connectivity index (χ4n) is 3.95. The molecule has 0 saturated heterocycles. The van der Waals surface area contributed by atoms with Crippen molar-refractivity contribution in [2.24, 2.45) is 0 Å². The van der Waals surface area contributed by atoms with E-state index in [0.29, 0.717) is 29.1 Å². The van der Waals surface area contributed by atoms with Crippen molar-refractivity contribution in [3.05, 3.63) is 99.7 Å². The Hall–Kier alpha value is -4.43. The number of esters is 1. The van der Waals surface area contributed by atoms with Crippen molar-refractivity contribution in [1.82, 2.24) is 0 Å². The van der Waals surface area contributed by atoms with Crippen LogP contribution in [-0.4, -0.2) is 30.3 Å². The molecule has 0 bridgehead atoms. The summed E-state index contributed by atoms with van der Waals surface area (Å²) >= 11 is 6.26. The highest BCUT2D eigenvalue weighted by Crippen LogP contribution is 2.30. The molecule has 0 spiro atoms. The summed E-state index contributed by atoms with van der Waals surface area (Å²) in [7, 11) is 0. The zero-order valence-corrected chi connectivity index (χ0v) is 22.6. The van der Waals surface area contributed by atoms with Gasteiger partial charge in [0.2, 0.25) is 0 Å². The average molecular weight is 546 g/mol. The monoisotopic (exact) mass is 545 g/mol. The quantitative estimate of drug-likeness (QED) is 0.196. The second kappa shape index (κ2) is 12.0. The lowest BCUT2D eigenvalue weighted by Crippen LogP contribution is -2.32. The molecule has 1 aliphatic rings. The van der Waals surface area contributed by atoms with Crippen LogP contribution in [0.15, 0.2) is 77.5 Å². The van der Waals surface area contributed by atoms with E-state index in [-0.39, 0.29) is 22.3 Å². The summed E-state index contributed by atoms with van der Waals surface area (Å²) < 4.78 is 5.19. The third-order valence-corrected chi connectivity index (χ3v) is 6.72. The van der Waals surface area contributed by atoms with E-state index < -0.39 is 17.8 Å². The molecule has 0 aliphatic carbocycles. The molecule has 1 aliphatic heterocycles. The smallest absolute Gasteiger partial charge is 0.338 e. The van der Waals surface area contributed by atoms with E-state index in [4.69, 9.17) is 16.3 Å². The molecule has 3 aromatic carbocycles. The molecule has 9 heteroatoms. The number of imide groups is 1. The Morgan fingerprint density at radius 1 is 0.923 bits per heavy atom. The number of hydrogen-bond donors (Lipinski definition) is 2. The summed E-state index contributed by atoms with van der Waals surface area (Å²) in [5.41, 5.74) is 3.94. The number of carbonyl (C=O) groups is 4. The number of ether oxygens (including phenoxy) is 1. The minimum atomic E-state index is -0.703. The first-order chi connectivity index (χ1) is 18.7. The lowest BCUT2D eigenvalue weighted by Gasteiger charge is -2.16. The summed E-state index contributed by atoms with van der Waals surface area (Å²) in [6.07, 6.45) is 1.67. The van der Waals surface area contributed by atoms with E-state index in [1.807, 2.05) is 39.0 Å². The molecule has 0 fully saturated rings. The number of rotatable bonds is 9. The van der Waals surface area contributed by atoms with E-state index in [1.54, 1.807) is 24.3 Å². The van der Waals surface area contributed by atoms with E-state index >= 15 is 0 Å². The number of unbranched alkanes of at least 4 members (excludes halogenated alkanes) is 1. The van der Waals surface area contributed by atoms with Crippen LogP contribution in [0.4, 0.5) is 17.1 Å². The second-order valence-corrected chi connectivity index (χ2v) is 9.46. The molecule has 0 atom stereocenters. The van der Waals surface area contributed by atoms with Crippen LogP contribution in [0.2, 0.25) is 0 Å². The molecule has 8 nitrogen and oxygen atoms in total. The van der Waals surface area contributed by atoms with Crippen LogP contribution in [0.25, 0.3) is 0 Å². The minimum absolute atomic E-state index is 0.114.